The highest BCUT2D eigenvalue weighted by Gasteiger charge is 2.49. The van der Waals surface area contributed by atoms with Crippen LogP contribution in [0.25, 0.3) is 0 Å². The molecular weight excluding hydrogens is 384 g/mol. The van der Waals surface area contributed by atoms with Gasteiger partial charge in [0.15, 0.2) is 11.5 Å². The SMILES string of the molecule is Cc1cc(C)cc(OCCN2C(=O)NC(C)(c3ccc4c(c3)OCCCO4)C2=O)c1. The van der Waals surface area contributed by atoms with Crippen LogP contribution >= 0.6 is 0 Å². The molecule has 0 aromatic heterocycles. The van der Waals surface area contributed by atoms with Gasteiger partial charge in [-0.25, -0.2) is 4.79 Å². The van der Waals surface area contributed by atoms with Gasteiger partial charge in [0.05, 0.1) is 19.8 Å². The third kappa shape index (κ3) is 3.79. The van der Waals surface area contributed by atoms with E-state index < -0.39 is 11.6 Å². The molecule has 7 heteroatoms. The zero-order valence-corrected chi connectivity index (χ0v) is 17.5. The number of fused-ring (bicyclic) bond motifs is 1. The average Bonchev–Trinajstić information content (AvgIpc) is 2.86. The van der Waals surface area contributed by atoms with E-state index in [1.165, 1.54) is 4.90 Å². The summed E-state index contributed by atoms with van der Waals surface area (Å²) in [7, 11) is 0. The van der Waals surface area contributed by atoms with Crippen LogP contribution in [0, 0.1) is 13.8 Å². The van der Waals surface area contributed by atoms with Crippen molar-refractivity contribution in [3.63, 3.8) is 0 Å². The van der Waals surface area contributed by atoms with Gasteiger partial charge in [-0.1, -0.05) is 12.1 Å². The fraction of sp³-hybridized carbons (Fsp3) is 0.391. The Bertz CT molecular complexity index is 969. The van der Waals surface area contributed by atoms with E-state index in [2.05, 4.69) is 11.4 Å². The molecule has 0 aliphatic carbocycles. The highest BCUT2D eigenvalue weighted by molar-refractivity contribution is 6.07. The number of nitrogens with one attached hydrogen (secondary N) is 1. The Morgan fingerprint density at radius 2 is 1.73 bits per heavy atom. The largest absolute Gasteiger partial charge is 0.492 e. The van der Waals surface area contributed by atoms with Crippen molar-refractivity contribution >= 4 is 11.9 Å². The standard InChI is InChI=1S/C23H26N2O5/c1-15-11-16(2)13-18(12-15)28-10-7-25-21(26)23(3,24-22(25)27)17-5-6-19-20(14-17)30-9-4-8-29-19/h5-6,11-14H,4,7-10H2,1-3H3,(H,24,27). The van der Waals surface area contributed by atoms with Gasteiger partial charge < -0.3 is 19.5 Å². The molecule has 1 N–H and O–H groups in total. The van der Waals surface area contributed by atoms with Crippen molar-refractivity contribution in [2.24, 2.45) is 0 Å². The molecule has 2 heterocycles. The Kier molecular flexibility index (Phi) is 5.28. The summed E-state index contributed by atoms with van der Waals surface area (Å²) in [5.41, 5.74) is 1.69. The quantitative estimate of drug-likeness (QED) is 0.766. The third-order valence-corrected chi connectivity index (χ3v) is 5.38. The number of carbonyl (C=O) groups is 2. The smallest absolute Gasteiger partial charge is 0.325 e. The highest BCUT2D eigenvalue weighted by Crippen LogP contribution is 2.36. The zero-order valence-electron chi connectivity index (χ0n) is 17.5. The van der Waals surface area contributed by atoms with Gasteiger partial charge >= 0.3 is 6.03 Å². The number of amides is 3. The van der Waals surface area contributed by atoms with Crippen molar-refractivity contribution in [1.82, 2.24) is 10.2 Å². The van der Waals surface area contributed by atoms with Gasteiger partial charge in [-0.05, 0) is 61.7 Å². The summed E-state index contributed by atoms with van der Waals surface area (Å²) in [4.78, 5) is 26.9. The molecule has 2 aliphatic heterocycles. The van der Waals surface area contributed by atoms with E-state index in [1.807, 2.05) is 26.0 Å². The molecule has 1 atom stereocenters. The van der Waals surface area contributed by atoms with Gasteiger partial charge in [0.1, 0.15) is 17.9 Å². The monoisotopic (exact) mass is 410 g/mol. The Morgan fingerprint density at radius 1 is 1.03 bits per heavy atom. The molecule has 4 rings (SSSR count). The minimum Gasteiger partial charge on any atom is -0.492 e. The van der Waals surface area contributed by atoms with Gasteiger partial charge in [0.2, 0.25) is 0 Å². The van der Waals surface area contributed by atoms with E-state index >= 15 is 0 Å². The molecule has 30 heavy (non-hydrogen) atoms. The Labute approximate surface area is 175 Å². The van der Waals surface area contributed by atoms with Crippen molar-refractivity contribution in [3.8, 4) is 17.2 Å². The molecule has 0 saturated carbocycles. The van der Waals surface area contributed by atoms with Crippen LogP contribution in [0.3, 0.4) is 0 Å². The summed E-state index contributed by atoms with van der Waals surface area (Å²) in [6.07, 6.45) is 0.797. The number of benzene rings is 2. The van der Waals surface area contributed by atoms with E-state index in [0.717, 1.165) is 23.3 Å². The van der Waals surface area contributed by atoms with Gasteiger partial charge in [0.25, 0.3) is 5.91 Å². The summed E-state index contributed by atoms with van der Waals surface area (Å²) in [5, 5.41) is 2.82. The first kappa shape index (κ1) is 20.1. The Hall–Kier alpha value is -3.22. The number of carbonyl (C=O) groups excluding carboxylic acids is 2. The summed E-state index contributed by atoms with van der Waals surface area (Å²) in [6.45, 7) is 7.23. The molecule has 0 radical (unpaired) electrons. The Morgan fingerprint density at radius 3 is 2.47 bits per heavy atom. The first-order valence-electron chi connectivity index (χ1n) is 10.1. The maximum Gasteiger partial charge on any atom is 0.325 e. The minimum absolute atomic E-state index is 0.164. The molecule has 2 aliphatic rings. The second kappa shape index (κ2) is 7.89. The maximum absolute atomic E-state index is 13.1. The average molecular weight is 410 g/mol. The molecular formula is C23H26N2O5. The molecule has 0 spiro atoms. The third-order valence-electron chi connectivity index (χ3n) is 5.38. The molecule has 1 saturated heterocycles. The van der Waals surface area contributed by atoms with Crippen LogP contribution in [-0.4, -0.2) is 43.2 Å². The van der Waals surface area contributed by atoms with E-state index in [9.17, 15) is 9.59 Å². The van der Waals surface area contributed by atoms with Crippen molar-refractivity contribution in [3.05, 3.63) is 53.1 Å². The fourth-order valence-electron chi connectivity index (χ4n) is 3.84. The van der Waals surface area contributed by atoms with E-state index in [0.29, 0.717) is 30.3 Å². The van der Waals surface area contributed by atoms with Crippen molar-refractivity contribution in [2.75, 3.05) is 26.4 Å². The number of hydrogen-bond donors (Lipinski definition) is 1. The molecule has 1 unspecified atom stereocenters. The van der Waals surface area contributed by atoms with Gasteiger partial charge in [0, 0.05) is 6.42 Å². The number of rotatable bonds is 5. The predicted molar refractivity (Wildman–Crippen MR) is 111 cm³/mol. The van der Waals surface area contributed by atoms with E-state index in [-0.39, 0.29) is 19.1 Å². The first-order valence-corrected chi connectivity index (χ1v) is 10.1. The molecule has 0 bridgehead atoms. The second-order valence-corrected chi connectivity index (χ2v) is 7.90. The number of urea groups is 1. The number of aryl methyl sites for hydroxylation is 2. The lowest BCUT2D eigenvalue weighted by atomic mass is 9.91. The molecule has 3 amide bonds. The molecule has 7 nitrogen and oxygen atoms in total. The van der Waals surface area contributed by atoms with Gasteiger partial charge in [-0.3, -0.25) is 9.69 Å². The number of imide groups is 1. The van der Waals surface area contributed by atoms with Gasteiger partial charge in [-0.2, -0.15) is 0 Å². The lowest BCUT2D eigenvalue weighted by Crippen LogP contribution is -2.41. The summed E-state index contributed by atoms with van der Waals surface area (Å²) < 4.78 is 17.2. The van der Waals surface area contributed by atoms with Crippen LogP contribution < -0.4 is 19.5 Å². The molecule has 1 fully saturated rings. The molecule has 2 aromatic rings. The van der Waals surface area contributed by atoms with E-state index in [1.54, 1.807) is 25.1 Å². The fourth-order valence-corrected chi connectivity index (χ4v) is 3.84. The summed E-state index contributed by atoms with van der Waals surface area (Å²) in [6, 6.07) is 10.8. The van der Waals surface area contributed by atoms with Crippen LogP contribution in [0.4, 0.5) is 4.79 Å². The summed E-state index contributed by atoms with van der Waals surface area (Å²) in [5.74, 6) is 1.65. The van der Waals surface area contributed by atoms with Crippen molar-refractivity contribution in [2.45, 2.75) is 32.7 Å². The maximum atomic E-state index is 13.1. The predicted octanol–water partition coefficient (Wildman–Crippen LogP) is 3.31. The highest BCUT2D eigenvalue weighted by atomic mass is 16.5. The van der Waals surface area contributed by atoms with Crippen LogP contribution in [-0.2, 0) is 10.3 Å². The van der Waals surface area contributed by atoms with Crippen LogP contribution in [0.1, 0.15) is 30.0 Å². The molecule has 158 valence electrons. The minimum atomic E-state index is -1.16. The lowest BCUT2D eigenvalue weighted by molar-refractivity contribution is -0.131. The summed E-state index contributed by atoms with van der Waals surface area (Å²) >= 11 is 0. The first-order chi connectivity index (χ1) is 14.4. The van der Waals surface area contributed by atoms with Crippen molar-refractivity contribution in [1.29, 1.82) is 0 Å². The van der Waals surface area contributed by atoms with Crippen LogP contribution in [0.5, 0.6) is 17.2 Å². The zero-order chi connectivity index (χ0) is 21.3. The lowest BCUT2D eigenvalue weighted by Gasteiger charge is -2.23. The van der Waals surface area contributed by atoms with Crippen LogP contribution in [0.15, 0.2) is 36.4 Å². The number of ether oxygens (including phenoxy) is 3. The topological polar surface area (TPSA) is 77.1 Å². The number of hydrogen-bond acceptors (Lipinski definition) is 5. The molecule has 2 aromatic carbocycles. The van der Waals surface area contributed by atoms with Crippen LogP contribution in [0.2, 0.25) is 0 Å². The van der Waals surface area contributed by atoms with Crippen molar-refractivity contribution < 1.29 is 23.8 Å². The van der Waals surface area contributed by atoms with E-state index in [4.69, 9.17) is 14.2 Å². The second-order valence-electron chi connectivity index (χ2n) is 7.90. The van der Waals surface area contributed by atoms with Gasteiger partial charge in [-0.15, -0.1) is 0 Å². The normalized spacial score (nSPS) is 20.7. The number of nitrogens with zero attached hydrogens (tertiary/aromatic N) is 1. The Balaban J connectivity index is 1.47.